The molecule has 0 unspecified atom stereocenters. The molecule has 4 N–H and O–H groups in total. The van der Waals surface area contributed by atoms with E-state index in [4.69, 9.17) is 19.2 Å². The number of methoxy groups -OCH3 is 1. The Bertz CT molecular complexity index is 2720. The second-order valence-electron chi connectivity index (χ2n) is 20.0. The number of pyridine rings is 1. The lowest BCUT2D eigenvalue weighted by atomic mass is 9.84. The number of aromatic hydroxyl groups is 1. The first kappa shape index (κ1) is 49.3. The first-order chi connectivity index (χ1) is 32.9. The monoisotopic (exact) mass is 942 g/mol. The van der Waals surface area contributed by atoms with E-state index in [0.717, 1.165) is 49.6 Å². The fourth-order valence-electron chi connectivity index (χ4n) is 10.5. The van der Waals surface area contributed by atoms with Gasteiger partial charge in [0.25, 0.3) is 11.8 Å². The Hall–Kier alpha value is -6.13. The van der Waals surface area contributed by atoms with Crippen LogP contribution in [0.15, 0.2) is 85.1 Å². The number of aromatic nitrogens is 2. The summed E-state index contributed by atoms with van der Waals surface area (Å²) in [5.41, 5.74) is 7.47. The van der Waals surface area contributed by atoms with Gasteiger partial charge in [-0.3, -0.25) is 24.4 Å². The SMILES string of the molecule is CCn1c(-c2cccnc2[C@H](C)OC)c2c3cc(ccc31)-c1cc(O)cc(c1)C[C@H](NC(=O)[C@H](C(C)C)N(C)C(=O)[C@@H]1OCC[C@H]1c1ccccc1)C(=O)N1CCC[C@@](O)(N1)C(=O)OCC(C)(C)C2. The van der Waals surface area contributed by atoms with Crippen LogP contribution in [0.25, 0.3) is 33.3 Å². The van der Waals surface area contributed by atoms with E-state index in [1.807, 2.05) is 89.2 Å². The minimum atomic E-state index is -2.26. The van der Waals surface area contributed by atoms with Crippen molar-refractivity contribution in [3.63, 3.8) is 0 Å². The lowest BCUT2D eigenvalue weighted by Gasteiger charge is -2.40. The van der Waals surface area contributed by atoms with Crippen LogP contribution in [0, 0.1) is 11.3 Å². The summed E-state index contributed by atoms with van der Waals surface area (Å²) in [5.74, 6) is -3.10. The molecule has 6 bridgehead atoms. The number of fused-ring (bicyclic) bond motifs is 6. The molecule has 6 atom stereocenters. The van der Waals surface area contributed by atoms with Crippen LogP contribution in [0.5, 0.6) is 5.75 Å². The van der Waals surface area contributed by atoms with Gasteiger partial charge in [0.2, 0.25) is 11.6 Å². The highest BCUT2D eigenvalue weighted by atomic mass is 16.6. The van der Waals surface area contributed by atoms with E-state index in [0.29, 0.717) is 37.1 Å². The Morgan fingerprint density at radius 2 is 1.80 bits per heavy atom. The standard InChI is InChI=1S/C54H66N6O9/c1-9-59-44-19-18-36-29-41(44)42(47(59)40-17-13-22-55-45(40)33(4)67-8)30-53(5,6)31-69-52(65)54(66)21-14-23-60(57-54)50(63)43(27-34-25-37(36)28-38(61)26-34)56-49(62)46(32(2)3)58(7)51(64)48-39(20-24-68-48)35-15-11-10-12-16-35/h10-13,15-19,22,25-26,28-29,32-33,39,43,46,48,57,61,66H,9,14,20-21,23-24,27,30-31H2,1-8H3,(H,56,62)/t33-,39-,43-,46-,48+,54-/m0/s1. The molecule has 0 aliphatic carbocycles. The maximum atomic E-state index is 14.8. The van der Waals surface area contributed by atoms with Crippen molar-refractivity contribution in [3.05, 3.63) is 107 Å². The molecule has 69 heavy (non-hydrogen) atoms. The van der Waals surface area contributed by atoms with E-state index >= 15 is 0 Å². The number of hydrazine groups is 1. The molecular weight excluding hydrogens is 877 g/mol. The fourth-order valence-corrected chi connectivity index (χ4v) is 10.5. The van der Waals surface area contributed by atoms with Crippen LogP contribution in [-0.2, 0) is 52.8 Å². The summed E-state index contributed by atoms with van der Waals surface area (Å²) in [6, 6.07) is 22.7. The molecule has 3 aliphatic rings. The van der Waals surface area contributed by atoms with E-state index in [-0.39, 0.29) is 62.0 Å². The van der Waals surface area contributed by atoms with E-state index in [9.17, 15) is 29.4 Å². The predicted octanol–water partition coefficient (Wildman–Crippen LogP) is 6.83. The van der Waals surface area contributed by atoms with Crippen molar-refractivity contribution in [1.29, 1.82) is 0 Å². The predicted molar refractivity (Wildman–Crippen MR) is 261 cm³/mol. The number of phenolic OH excluding ortho intramolecular Hbond substituents is 1. The molecule has 5 aromatic rings. The van der Waals surface area contributed by atoms with Crippen molar-refractivity contribution in [1.82, 2.24) is 30.2 Å². The molecule has 15 heteroatoms. The number of benzene rings is 3. The lowest BCUT2D eigenvalue weighted by molar-refractivity contribution is -0.189. The van der Waals surface area contributed by atoms with Crippen LogP contribution >= 0.6 is 0 Å². The lowest BCUT2D eigenvalue weighted by Crippen LogP contribution is -2.67. The number of nitrogens with zero attached hydrogens (tertiary/aromatic N) is 4. The molecule has 366 valence electrons. The number of aryl methyl sites for hydroxylation is 1. The third kappa shape index (κ3) is 10.0. The van der Waals surface area contributed by atoms with Crippen molar-refractivity contribution in [3.8, 4) is 28.1 Å². The van der Waals surface area contributed by atoms with Crippen LogP contribution in [0.3, 0.4) is 0 Å². The van der Waals surface area contributed by atoms with Crippen molar-refractivity contribution in [2.45, 2.75) is 116 Å². The van der Waals surface area contributed by atoms with Gasteiger partial charge in [-0.25, -0.2) is 4.79 Å². The van der Waals surface area contributed by atoms with Gasteiger partial charge in [0.1, 0.15) is 23.9 Å². The molecule has 15 nitrogen and oxygen atoms in total. The number of carbonyl (C=O) groups is 4. The van der Waals surface area contributed by atoms with Crippen molar-refractivity contribution in [2.75, 3.05) is 33.9 Å². The number of hydrogen-bond donors (Lipinski definition) is 4. The Labute approximate surface area is 404 Å². The van der Waals surface area contributed by atoms with Crippen molar-refractivity contribution < 1.29 is 43.6 Å². The first-order valence-electron chi connectivity index (χ1n) is 24.1. The molecule has 3 amide bonds. The molecule has 3 aromatic carbocycles. The largest absolute Gasteiger partial charge is 0.508 e. The molecular formula is C54H66N6O9. The summed E-state index contributed by atoms with van der Waals surface area (Å²) in [5, 5.41) is 28.4. The topological polar surface area (TPSA) is 185 Å². The fraction of sp³-hybridized carbons (Fsp3) is 0.463. The van der Waals surface area contributed by atoms with Crippen molar-refractivity contribution >= 4 is 34.6 Å². The third-order valence-electron chi connectivity index (χ3n) is 14.0. The maximum absolute atomic E-state index is 14.8. The zero-order chi connectivity index (χ0) is 49.4. The average molecular weight is 943 g/mol. The number of cyclic esters (lactones) is 1. The second kappa shape index (κ2) is 20.1. The van der Waals surface area contributed by atoms with Crippen LogP contribution in [0.2, 0.25) is 0 Å². The molecule has 5 heterocycles. The van der Waals surface area contributed by atoms with Crippen molar-refractivity contribution in [2.24, 2.45) is 11.3 Å². The minimum Gasteiger partial charge on any atom is -0.508 e. The number of hydrogen-bond acceptors (Lipinski definition) is 11. The highest BCUT2D eigenvalue weighted by molar-refractivity contribution is 5.96. The summed E-state index contributed by atoms with van der Waals surface area (Å²) < 4.78 is 20.1. The Morgan fingerprint density at radius 3 is 2.52 bits per heavy atom. The number of phenols is 1. The molecule has 8 rings (SSSR count). The van der Waals surface area contributed by atoms with Crippen LogP contribution in [-0.4, -0.2) is 111 Å². The molecule has 2 fully saturated rings. The number of aliphatic hydroxyl groups is 1. The van der Waals surface area contributed by atoms with Gasteiger partial charge in [-0.05, 0) is 103 Å². The molecule has 0 saturated carbocycles. The van der Waals surface area contributed by atoms with Gasteiger partial charge in [0.15, 0.2) is 0 Å². The van der Waals surface area contributed by atoms with E-state index in [1.54, 1.807) is 32.5 Å². The van der Waals surface area contributed by atoms with Gasteiger partial charge in [-0.2, -0.15) is 5.43 Å². The van der Waals surface area contributed by atoms with Gasteiger partial charge >= 0.3 is 5.97 Å². The molecule has 2 saturated heterocycles. The van der Waals surface area contributed by atoms with Crippen LogP contribution in [0.1, 0.15) is 95.2 Å². The number of ether oxygens (including phenoxy) is 3. The molecule has 3 aliphatic heterocycles. The number of nitrogens with one attached hydrogen (secondary N) is 2. The van der Waals surface area contributed by atoms with Gasteiger partial charge in [0, 0.05) is 80.7 Å². The average Bonchev–Trinajstić information content (AvgIpc) is 3.94. The Kier molecular flexibility index (Phi) is 14.3. The zero-order valence-electron chi connectivity index (χ0n) is 41.0. The number of amides is 3. The normalized spacial score (nSPS) is 22.8. The van der Waals surface area contributed by atoms with Gasteiger partial charge in [0.05, 0.1) is 24.1 Å². The molecule has 2 aromatic heterocycles. The Morgan fingerprint density at radius 1 is 1.03 bits per heavy atom. The number of likely N-dealkylation sites (N-methyl/N-ethyl adjacent to an activating group) is 1. The molecule has 0 spiro atoms. The highest BCUT2D eigenvalue weighted by Gasteiger charge is 2.46. The van der Waals surface area contributed by atoms with Crippen LogP contribution < -0.4 is 10.7 Å². The van der Waals surface area contributed by atoms with Crippen LogP contribution in [0.4, 0.5) is 0 Å². The zero-order valence-corrected chi connectivity index (χ0v) is 41.0. The van der Waals surface area contributed by atoms with Gasteiger partial charge in [-0.15, -0.1) is 0 Å². The van der Waals surface area contributed by atoms with E-state index < -0.39 is 47.1 Å². The molecule has 0 radical (unpaired) electrons. The maximum Gasteiger partial charge on any atom is 0.355 e. The smallest absolute Gasteiger partial charge is 0.355 e. The van der Waals surface area contributed by atoms with Gasteiger partial charge < -0.3 is 39.2 Å². The summed E-state index contributed by atoms with van der Waals surface area (Å²) in [7, 11) is 3.24. The Balaban J connectivity index is 1.21. The summed E-state index contributed by atoms with van der Waals surface area (Å²) in [6.45, 7) is 12.8. The second-order valence-corrected chi connectivity index (χ2v) is 20.0. The quantitative estimate of drug-likeness (QED) is 0.108. The number of rotatable bonds is 10. The van der Waals surface area contributed by atoms with E-state index in [2.05, 4.69) is 34.4 Å². The minimum absolute atomic E-state index is 0.0308. The highest BCUT2D eigenvalue weighted by Crippen LogP contribution is 2.42. The van der Waals surface area contributed by atoms with E-state index in [1.165, 1.54) is 4.90 Å². The summed E-state index contributed by atoms with van der Waals surface area (Å²) >= 11 is 0. The third-order valence-corrected chi connectivity index (χ3v) is 14.0. The number of esters is 1. The summed E-state index contributed by atoms with van der Waals surface area (Å²) in [4.78, 5) is 64.1. The summed E-state index contributed by atoms with van der Waals surface area (Å²) in [6.07, 6.45) is 1.88. The number of carbonyl (C=O) groups excluding carboxylic acids is 4. The van der Waals surface area contributed by atoms with Gasteiger partial charge in [-0.1, -0.05) is 70.2 Å². The first-order valence-corrected chi connectivity index (χ1v) is 24.1.